The average molecular weight is 415 g/mol. The van der Waals surface area contributed by atoms with Crippen molar-refractivity contribution in [1.29, 1.82) is 0 Å². The Morgan fingerprint density at radius 3 is 2.48 bits per heavy atom. The molecule has 0 aliphatic heterocycles. The molecule has 0 saturated heterocycles. The standard InChI is InChI=1S/C21H32BrFO2/c1-20(25)7-5-13-12-6-8-21(2)16(3-4-17(21)19(24)11-22)14(12)9-18(23)15(13)10-20/h12-18,25H,3-11H2,1-2H3/t12-,13-,14-,15+,16+,17-,18-,20-,21+/m1/s1. The lowest BCUT2D eigenvalue weighted by Crippen LogP contribution is -2.54. The molecule has 0 unspecified atom stereocenters. The van der Waals surface area contributed by atoms with Crippen molar-refractivity contribution in [3.05, 3.63) is 0 Å². The Morgan fingerprint density at radius 1 is 1.08 bits per heavy atom. The topological polar surface area (TPSA) is 37.3 Å². The van der Waals surface area contributed by atoms with Gasteiger partial charge in [0.25, 0.3) is 0 Å². The number of carbonyl (C=O) groups is 1. The van der Waals surface area contributed by atoms with Gasteiger partial charge in [0.1, 0.15) is 12.0 Å². The number of alkyl halides is 2. The molecule has 0 aromatic carbocycles. The van der Waals surface area contributed by atoms with Crippen LogP contribution in [0.2, 0.25) is 0 Å². The molecular weight excluding hydrogens is 383 g/mol. The third-order valence-electron chi connectivity index (χ3n) is 8.77. The van der Waals surface area contributed by atoms with Crippen LogP contribution in [0, 0.1) is 40.9 Å². The maximum Gasteiger partial charge on any atom is 0.147 e. The van der Waals surface area contributed by atoms with Crippen molar-refractivity contribution < 1.29 is 14.3 Å². The molecule has 25 heavy (non-hydrogen) atoms. The molecule has 0 amide bonds. The minimum atomic E-state index is -0.772. The number of hydrogen-bond acceptors (Lipinski definition) is 2. The summed E-state index contributed by atoms with van der Waals surface area (Å²) in [5.41, 5.74) is -0.596. The van der Waals surface area contributed by atoms with E-state index in [2.05, 4.69) is 22.9 Å². The van der Waals surface area contributed by atoms with Gasteiger partial charge in [-0.25, -0.2) is 4.39 Å². The van der Waals surface area contributed by atoms with Crippen molar-refractivity contribution in [1.82, 2.24) is 0 Å². The Balaban J connectivity index is 1.58. The molecule has 142 valence electrons. The molecule has 9 atom stereocenters. The van der Waals surface area contributed by atoms with Gasteiger partial charge in [0.05, 0.1) is 10.9 Å². The van der Waals surface area contributed by atoms with Gasteiger partial charge in [-0.05, 0) is 93.3 Å². The molecule has 0 aromatic heterocycles. The fourth-order valence-electron chi connectivity index (χ4n) is 7.62. The lowest BCUT2D eigenvalue weighted by atomic mass is 9.48. The van der Waals surface area contributed by atoms with Crippen LogP contribution in [0.4, 0.5) is 4.39 Å². The van der Waals surface area contributed by atoms with Crippen molar-refractivity contribution >= 4 is 21.7 Å². The Morgan fingerprint density at radius 2 is 1.76 bits per heavy atom. The van der Waals surface area contributed by atoms with E-state index in [1.54, 1.807) is 0 Å². The summed E-state index contributed by atoms with van der Waals surface area (Å²) in [6, 6.07) is 0. The lowest BCUT2D eigenvalue weighted by molar-refractivity contribution is -0.137. The Labute approximate surface area is 159 Å². The first-order valence-corrected chi connectivity index (χ1v) is 11.3. The number of halogens is 2. The number of carbonyl (C=O) groups excluding carboxylic acids is 1. The zero-order valence-electron chi connectivity index (χ0n) is 15.5. The van der Waals surface area contributed by atoms with Gasteiger partial charge in [-0.3, -0.25) is 4.79 Å². The largest absolute Gasteiger partial charge is 0.390 e. The maximum absolute atomic E-state index is 15.2. The molecule has 4 fully saturated rings. The van der Waals surface area contributed by atoms with Crippen LogP contribution >= 0.6 is 15.9 Å². The molecule has 2 nitrogen and oxygen atoms in total. The number of hydrogen-bond donors (Lipinski definition) is 1. The Hall–Kier alpha value is 0.0400. The normalized spacial score (nSPS) is 55.2. The van der Waals surface area contributed by atoms with E-state index < -0.39 is 11.8 Å². The minimum absolute atomic E-state index is 0.0516. The van der Waals surface area contributed by atoms with Gasteiger partial charge in [-0.1, -0.05) is 22.9 Å². The Bertz CT molecular complexity index is 550. The molecule has 4 aliphatic carbocycles. The van der Waals surface area contributed by atoms with Gasteiger partial charge in [-0.2, -0.15) is 0 Å². The summed E-state index contributed by atoms with van der Waals surface area (Å²) in [5.74, 6) is 2.60. The van der Waals surface area contributed by atoms with Crippen LogP contribution in [-0.4, -0.2) is 28.0 Å². The molecule has 4 aliphatic rings. The first kappa shape index (κ1) is 18.4. The fraction of sp³-hybridized carbons (Fsp3) is 0.952. The van der Waals surface area contributed by atoms with Gasteiger partial charge in [-0.15, -0.1) is 0 Å². The molecule has 4 heteroatoms. The zero-order chi connectivity index (χ0) is 18.0. The highest BCUT2D eigenvalue weighted by Gasteiger charge is 2.60. The molecule has 0 radical (unpaired) electrons. The van der Waals surface area contributed by atoms with E-state index in [4.69, 9.17) is 0 Å². The molecule has 1 N–H and O–H groups in total. The van der Waals surface area contributed by atoms with E-state index in [1.165, 1.54) is 0 Å². The minimum Gasteiger partial charge on any atom is -0.390 e. The van der Waals surface area contributed by atoms with E-state index in [0.717, 1.165) is 38.5 Å². The maximum atomic E-state index is 15.2. The van der Waals surface area contributed by atoms with Crippen LogP contribution in [0.1, 0.15) is 65.2 Å². The van der Waals surface area contributed by atoms with Crippen LogP contribution in [-0.2, 0) is 4.79 Å². The van der Waals surface area contributed by atoms with Crippen LogP contribution in [0.15, 0.2) is 0 Å². The number of Topliss-reactive ketones (excluding diaryl/α,β-unsaturated/α-hetero) is 1. The monoisotopic (exact) mass is 414 g/mol. The van der Waals surface area contributed by atoms with Crippen molar-refractivity contribution in [3.8, 4) is 0 Å². The van der Waals surface area contributed by atoms with Crippen LogP contribution < -0.4 is 0 Å². The van der Waals surface area contributed by atoms with Crippen molar-refractivity contribution in [2.45, 2.75) is 77.0 Å². The average Bonchev–Trinajstić information content (AvgIpc) is 2.91. The molecule has 4 saturated carbocycles. The second-order valence-corrected chi connectivity index (χ2v) is 10.6. The summed E-state index contributed by atoms with van der Waals surface area (Å²) < 4.78 is 15.2. The Kier molecular flexibility index (Phi) is 4.63. The summed E-state index contributed by atoms with van der Waals surface area (Å²) in [6.07, 6.45) is 6.69. The van der Waals surface area contributed by atoms with Crippen molar-refractivity contribution in [2.75, 3.05) is 5.33 Å². The molecule has 0 aromatic rings. The summed E-state index contributed by atoms with van der Waals surface area (Å²) in [4.78, 5) is 12.4. The first-order chi connectivity index (χ1) is 11.8. The number of rotatable bonds is 2. The smallest absolute Gasteiger partial charge is 0.147 e. The van der Waals surface area contributed by atoms with Crippen molar-refractivity contribution in [3.63, 3.8) is 0 Å². The van der Waals surface area contributed by atoms with E-state index in [9.17, 15) is 9.90 Å². The molecular formula is C21H32BrFO2. The SMILES string of the molecule is C[C@@]1(O)CC[C@@H]2[C@H]3CC[C@]4(C)[C@@H](C(=O)CBr)CC[C@H]4[C@@H]3C[C@@H](F)[C@H]2C1. The summed E-state index contributed by atoms with van der Waals surface area (Å²) >= 11 is 3.37. The second kappa shape index (κ2) is 6.29. The van der Waals surface area contributed by atoms with E-state index in [0.29, 0.717) is 47.6 Å². The third-order valence-corrected chi connectivity index (χ3v) is 9.32. The molecule has 0 spiro atoms. The number of aliphatic hydroxyl groups is 1. The summed E-state index contributed by atoms with van der Waals surface area (Å²) in [5, 5.41) is 10.9. The molecule has 4 rings (SSSR count). The van der Waals surface area contributed by atoms with Crippen LogP contribution in [0.3, 0.4) is 0 Å². The van der Waals surface area contributed by atoms with Crippen LogP contribution in [0.5, 0.6) is 0 Å². The zero-order valence-corrected chi connectivity index (χ0v) is 17.1. The van der Waals surface area contributed by atoms with Gasteiger partial charge in [0, 0.05) is 5.92 Å². The number of ketones is 1. The van der Waals surface area contributed by atoms with E-state index in [-0.39, 0.29) is 17.3 Å². The first-order valence-electron chi connectivity index (χ1n) is 10.2. The number of fused-ring (bicyclic) bond motifs is 5. The molecule has 0 heterocycles. The predicted octanol–water partition coefficient (Wildman–Crippen LogP) is 4.92. The second-order valence-electron chi connectivity index (χ2n) is 10.0. The van der Waals surface area contributed by atoms with E-state index >= 15 is 4.39 Å². The summed E-state index contributed by atoms with van der Waals surface area (Å²) in [7, 11) is 0. The van der Waals surface area contributed by atoms with E-state index in [1.807, 2.05) is 6.92 Å². The quantitative estimate of drug-likeness (QED) is 0.651. The highest BCUT2D eigenvalue weighted by Crippen LogP contribution is 2.65. The van der Waals surface area contributed by atoms with Gasteiger partial charge < -0.3 is 5.11 Å². The fourth-order valence-corrected chi connectivity index (χ4v) is 8.02. The van der Waals surface area contributed by atoms with Gasteiger partial charge >= 0.3 is 0 Å². The van der Waals surface area contributed by atoms with Gasteiger partial charge in [0.15, 0.2) is 0 Å². The summed E-state index contributed by atoms with van der Waals surface area (Å²) in [6.45, 7) is 4.20. The lowest BCUT2D eigenvalue weighted by Gasteiger charge is -2.57. The van der Waals surface area contributed by atoms with Crippen LogP contribution in [0.25, 0.3) is 0 Å². The van der Waals surface area contributed by atoms with Gasteiger partial charge in [0.2, 0.25) is 0 Å². The van der Waals surface area contributed by atoms with Crippen molar-refractivity contribution in [2.24, 2.45) is 40.9 Å². The molecule has 0 bridgehead atoms. The highest BCUT2D eigenvalue weighted by atomic mass is 79.9. The highest BCUT2D eigenvalue weighted by molar-refractivity contribution is 9.09. The predicted molar refractivity (Wildman–Crippen MR) is 100 cm³/mol. The third kappa shape index (κ3) is 2.85.